The van der Waals surface area contributed by atoms with Gasteiger partial charge in [-0.1, -0.05) is 6.92 Å². The van der Waals surface area contributed by atoms with Gasteiger partial charge in [0, 0.05) is 0 Å². The van der Waals surface area contributed by atoms with Gasteiger partial charge in [0.1, 0.15) is 4.47 Å². The van der Waals surface area contributed by atoms with Crippen LogP contribution in [0.3, 0.4) is 0 Å². The first-order valence-corrected chi connectivity index (χ1v) is 4.41. The van der Waals surface area contributed by atoms with Gasteiger partial charge in [-0.3, -0.25) is 4.79 Å². The van der Waals surface area contributed by atoms with E-state index in [9.17, 15) is 4.79 Å². The number of ether oxygens (including phenoxy) is 1. The summed E-state index contributed by atoms with van der Waals surface area (Å²) < 4.78 is 5.53. The van der Waals surface area contributed by atoms with Gasteiger partial charge in [0.2, 0.25) is 5.88 Å². The molecule has 4 nitrogen and oxygen atoms in total. The van der Waals surface area contributed by atoms with Crippen molar-refractivity contribution in [3.63, 3.8) is 0 Å². The molecule has 0 atom stereocenters. The molecule has 12 heavy (non-hydrogen) atoms. The van der Waals surface area contributed by atoms with Gasteiger partial charge in [0.05, 0.1) is 12.9 Å². The van der Waals surface area contributed by atoms with E-state index < -0.39 is 0 Å². The van der Waals surface area contributed by atoms with E-state index in [0.29, 0.717) is 17.0 Å². The van der Waals surface area contributed by atoms with E-state index in [4.69, 9.17) is 4.74 Å². The summed E-state index contributed by atoms with van der Waals surface area (Å²) in [5, 5.41) is 0. The lowest BCUT2D eigenvalue weighted by Crippen LogP contribution is -2.10. The molecule has 0 aromatic carbocycles. The second kappa shape index (κ2) is 4.25. The summed E-state index contributed by atoms with van der Waals surface area (Å²) in [6.45, 7) is 2.55. The molecule has 0 saturated carbocycles. The quantitative estimate of drug-likeness (QED) is 0.856. The molecule has 0 aliphatic rings. The SMILES string of the molecule is CCCOc1nc[nH]c(=O)c1Br. The van der Waals surface area contributed by atoms with E-state index in [1.54, 1.807) is 0 Å². The number of aromatic nitrogens is 2. The highest BCUT2D eigenvalue weighted by Crippen LogP contribution is 2.15. The molecule has 0 radical (unpaired) electrons. The molecule has 0 amide bonds. The smallest absolute Gasteiger partial charge is 0.268 e. The second-order valence-corrected chi connectivity index (χ2v) is 2.99. The number of aromatic amines is 1. The normalized spacial score (nSPS) is 9.83. The van der Waals surface area contributed by atoms with E-state index in [2.05, 4.69) is 25.9 Å². The van der Waals surface area contributed by atoms with Crippen LogP contribution in [0.1, 0.15) is 13.3 Å². The van der Waals surface area contributed by atoms with Crippen LogP contribution in [0.25, 0.3) is 0 Å². The van der Waals surface area contributed by atoms with Crippen LogP contribution in [-0.4, -0.2) is 16.6 Å². The number of nitrogens with one attached hydrogen (secondary N) is 1. The fourth-order valence-electron chi connectivity index (χ4n) is 0.666. The molecule has 1 aromatic heterocycles. The number of hydrogen-bond donors (Lipinski definition) is 1. The molecule has 0 saturated heterocycles. The van der Waals surface area contributed by atoms with Crippen molar-refractivity contribution in [3.05, 3.63) is 21.2 Å². The summed E-state index contributed by atoms with van der Waals surface area (Å²) in [4.78, 5) is 17.3. The standard InChI is InChI=1S/C7H9BrN2O2/c1-2-3-12-7-5(8)6(11)9-4-10-7/h4H,2-3H2,1H3,(H,9,10,11). The molecule has 1 heterocycles. The molecular formula is C7H9BrN2O2. The largest absolute Gasteiger partial charge is 0.477 e. The first kappa shape index (κ1) is 9.25. The average Bonchev–Trinajstić information content (AvgIpc) is 2.08. The van der Waals surface area contributed by atoms with Crippen molar-refractivity contribution in [1.82, 2.24) is 9.97 Å². The summed E-state index contributed by atoms with van der Waals surface area (Å²) in [6.07, 6.45) is 2.21. The summed E-state index contributed by atoms with van der Waals surface area (Å²) in [5.41, 5.74) is -0.226. The molecule has 1 aromatic rings. The Hall–Kier alpha value is -0.840. The Labute approximate surface area is 78.1 Å². The average molecular weight is 233 g/mol. The van der Waals surface area contributed by atoms with Gasteiger partial charge < -0.3 is 9.72 Å². The molecule has 0 unspecified atom stereocenters. The highest BCUT2D eigenvalue weighted by atomic mass is 79.9. The topological polar surface area (TPSA) is 55.0 Å². The predicted molar refractivity (Wildman–Crippen MR) is 48.3 cm³/mol. The lowest BCUT2D eigenvalue weighted by molar-refractivity contribution is 0.302. The van der Waals surface area contributed by atoms with E-state index in [-0.39, 0.29) is 5.56 Å². The molecule has 0 spiro atoms. The zero-order valence-electron chi connectivity index (χ0n) is 6.63. The monoisotopic (exact) mass is 232 g/mol. The van der Waals surface area contributed by atoms with Gasteiger partial charge in [-0.15, -0.1) is 0 Å². The predicted octanol–water partition coefficient (Wildman–Crippen LogP) is 1.32. The molecular weight excluding hydrogens is 224 g/mol. The van der Waals surface area contributed by atoms with E-state index in [1.807, 2.05) is 6.92 Å². The number of hydrogen-bond acceptors (Lipinski definition) is 3. The second-order valence-electron chi connectivity index (χ2n) is 2.20. The molecule has 0 aliphatic heterocycles. The van der Waals surface area contributed by atoms with Crippen molar-refractivity contribution in [2.24, 2.45) is 0 Å². The lowest BCUT2D eigenvalue weighted by Gasteiger charge is -2.02. The first-order chi connectivity index (χ1) is 5.75. The number of rotatable bonds is 3. The van der Waals surface area contributed by atoms with Crippen LogP contribution >= 0.6 is 15.9 Å². The van der Waals surface area contributed by atoms with Gasteiger partial charge in [-0.25, -0.2) is 4.98 Å². The number of halogens is 1. The minimum absolute atomic E-state index is 0.226. The summed E-state index contributed by atoms with van der Waals surface area (Å²) >= 11 is 3.08. The fourth-order valence-corrected chi connectivity index (χ4v) is 0.997. The maximum absolute atomic E-state index is 11.0. The Kier molecular flexibility index (Phi) is 3.28. The van der Waals surface area contributed by atoms with Crippen molar-refractivity contribution in [3.8, 4) is 5.88 Å². The summed E-state index contributed by atoms with van der Waals surface area (Å²) in [6, 6.07) is 0. The third-order valence-corrected chi connectivity index (χ3v) is 1.91. The molecule has 0 aliphatic carbocycles. The highest BCUT2D eigenvalue weighted by molar-refractivity contribution is 9.10. The van der Waals surface area contributed by atoms with Crippen LogP contribution in [0, 0.1) is 0 Å². The maximum Gasteiger partial charge on any atom is 0.268 e. The third-order valence-electron chi connectivity index (χ3n) is 1.21. The van der Waals surface area contributed by atoms with Crippen molar-refractivity contribution >= 4 is 15.9 Å². The molecule has 5 heteroatoms. The van der Waals surface area contributed by atoms with Crippen LogP contribution in [0.15, 0.2) is 15.6 Å². The van der Waals surface area contributed by atoms with Crippen molar-refractivity contribution < 1.29 is 4.74 Å². The third kappa shape index (κ3) is 2.07. The van der Waals surface area contributed by atoms with Crippen molar-refractivity contribution in [2.45, 2.75) is 13.3 Å². The van der Waals surface area contributed by atoms with Crippen molar-refractivity contribution in [1.29, 1.82) is 0 Å². The maximum atomic E-state index is 11.0. The Morgan fingerprint density at radius 2 is 2.50 bits per heavy atom. The zero-order valence-corrected chi connectivity index (χ0v) is 8.22. The van der Waals surface area contributed by atoms with E-state index >= 15 is 0 Å². The van der Waals surface area contributed by atoms with Crippen molar-refractivity contribution in [2.75, 3.05) is 6.61 Å². The van der Waals surface area contributed by atoms with Gasteiger partial charge in [-0.05, 0) is 22.4 Å². The van der Waals surface area contributed by atoms with Gasteiger partial charge in [-0.2, -0.15) is 0 Å². The number of H-pyrrole nitrogens is 1. The molecule has 0 bridgehead atoms. The molecule has 0 fully saturated rings. The van der Waals surface area contributed by atoms with Crippen LogP contribution in [0.4, 0.5) is 0 Å². The first-order valence-electron chi connectivity index (χ1n) is 3.61. The van der Waals surface area contributed by atoms with Crippen LogP contribution in [0.5, 0.6) is 5.88 Å². The Balaban J connectivity index is 2.85. The zero-order chi connectivity index (χ0) is 8.97. The Morgan fingerprint density at radius 3 is 3.17 bits per heavy atom. The van der Waals surface area contributed by atoms with Gasteiger partial charge in [0.15, 0.2) is 0 Å². The van der Waals surface area contributed by atoms with Crippen LogP contribution in [-0.2, 0) is 0 Å². The van der Waals surface area contributed by atoms with Gasteiger partial charge >= 0.3 is 0 Å². The van der Waals surface area contributed by atoms with E-state index in [0.717, 1.165) is 6.42 Å². The summed E-state index contributed by atoms with van der Waals surface area (Å²) in [7, 11) is 0. The minimum Gasteiger partial charge on any atom is -0.477 e. The van der Waals surface area contributed by atoms with Gasteiger partial charge in [0.25, 0.3) is 5.56 Å². The summed E-state index contributed by atoms with van der Waals surface area (Å²) in [5.74, 6) is 0.348. The van der Waals surface area contributed by atoms with Crippen LogP contribution in [0.2, 0.25) is 0 Å². The fraction of sp³-hybridized carbons (Fsp3) is 0.429. The Morgan fingerprint density at radius 1 is 1.75 bits per heavy atom. The molecule has 66 valence electrons. The number of nitrogens with zero attached hydrogens (tertiary/aromatic N) is 1. The lowest BCUT2D eigenvalue weighted by atomic mass is 10.5. The highest BCUT2D eigenvalue weighted by Gasteiger charge is 2.04. The molecule has 1 N–H and O–H groups in total. The minimum atomic E-state index is -0.226. The molecule has 1 rings (SSSR count). The van der Waals surface area contributed by atoms with Crippen LogP contribution < -0.4 is 10.3 Å². The van der Waals surface area contributed by atoms with E-state index in [1.165, 1.54) is 6.33 Å². The Bertz CT molecular complexity index is 311.